The molecule has 1 N–H and O–H groups in total. The highest BCUT2D eigenvalue weighted by Crippen LogP contribution is 2.56. The van der Waals surface area contributed by atoms with E-state index in [1.807, 2.05) is 0 Å². The first kappa shape index (κ1) is 32.5. The predicted molar refractivity (Wildman–Crippen MR) is 178 cm³/mol. The van der Waals surface area contributed by atoms with E-state index >= 15 is 4.79 Å². The van der Waals surface area contributed by atoms with Crippen LogP contribution in [-0.2, 0) is 23.7 Å². The summed E-state index contributed by atoms with van der Waals surface area (Å²) in [7, 11) is 5.74. The lowest BCUT2D eigenvalue weighted by molar-refractivity contribution is -0.130. The van der Waals surface area contributed by atoms with E-state index < -0.39 is 40.3 Å². The Morgan fingerprint density at radius 3 is 2.37 bits per heavy atom. The van der Waals surface area contributed by atoms with Crippen molar-refractivity contribution in [2.24, 2.45) is 20.0 Å². The molecule has 1 aromatic heterocycles. The van der Waals surface area contributed by atoms with E-state index in [0.29, 0.717) is 43.1 Å². The predicted octanol–water partition coefficient (Wildman–Crippen LogP) is 3.19. The summed E-state index contributed by atoms with van der Waals surface area (Å²) >= 11 is 6.64. The second-order valence-electron chi connectivity index (χ2n) is 12.7. The summed E-state index contributed by atoms with van der Waals surface area (Å²) in [5.74, 6) is -1.65. The van der Waals surface area contributed by atoms with Gasteiger partial charge in [0.15, 0.2) is 5.75 Å². The summed E-state index contributed by atoms with van der Waals surface area (Å²) in [6.45, 7) is 3.21. The molecule has 49 heavy (non-hydrogen) atoms. The van der Waals surface area contributed by atoms with Gasteiger partial charge in [0, 0.05) is 56.2 Å². The van der Waals surface area contributed by atoms with Crippen LogP contribution in [-0.4, -0.2) is 71.0 Å². The maximum absolute atomic E-state index is 15.0. The average molecular weight is 691 g/mol. The molecule has 1 saturated heterocycles. The molecule has 7 rings (SSSR count). The van der Waals surface area contributed by atoms with Gasteiger partial charge in [-0.2, -0.15) is 0 Å². The fraction of sp³-hybridized carbons (Fsp3) is 0.400. The number of hydrogen-bond acceptors (Lipinski definition) is 10. The van der Waals surface area contributed by atoms with Crippen molar-refractivity contribution in [2.45, 2.75) is 37.7 Å². The number of methoxy groups -OCH3 is 2. The first-order valence-corrected chi connectivity index (χ1v) is 16.4. The van der Waals surface area contributed by atoms with Crippen molar-refractivity contribution in [1.29, 1.82) is 0 Å². The maximum atomic E-state index is 15.0. The van der Waals surface area contributed by atoms with Gasteiger partial charge in [-0.15, -0.1) is 0 Å². The summed E-state index contributed by atoms with van der Waals surface area (Å²) in [6.07, 6.45) is 1.56. The minimum absolute atomic E-state index is 0.0109. The number of Topliss-reactive ketones (excluding diaryl/α,β-unsaturated/α-hetero) is 2. The number of nitrogens with zero attached hydrogens (tertiary/aromatic N) is 3. The summed E-state index contributed by atoms with van der Waals surface area (Å²) in [6, 6.07) is 8.43. The molecule has 1 aliphatic carbocycles. The standard InChI is InChI=1S/C35H35ClN4O9/c1-17-15-20-25(30(42)35(17)31(43)26-21(46-4)16-22(47-5)28(36)29(26)49-35)24(27-32(37-20)38(2)34(45)39(3)33(27)44)18-8-10-19(11-9-18)48-14-13-40-12-6-7-23(40)41/h8-11,16-17,24,37H,6-7,12-15H2,1-5H3. The third kappa shape index (κ3) is 4.69. The van der Waals surface area contributed by atoms with Crippen molar-refractivity contribution in [3.8, 4) is 23.0 Å². The van der Waals surface area contributed by atoms with E-state index in [-0.39, 0.29) is 57.1 Å². The zero-order chi connectivity index (χ0) is 34.9. The molecule has 3 unspecified atom stereocenters. The molecule has 14 heteroatoms. The number of hydrogen-bond donors (Lipinski definition) is 1. The topological polar surface area (TPSA) is 147 Å². The van der Waals surface area contributed by atoms with Crippen LogP contribution >= 0.6 is 11.6 Å². The second kappa shape index (κ2) is 11.8. The van der Waals surface area contributed by atoms with Crippen molar-refractivity contribution in [3.05, 3.63) is 84.2 Å². The van der Waals surface area contributed by atoms with Gasteiger partial charge in [0.2, 0.25) is 23.1 Å². The number of ketones is 2. The number of anilines is 1. The molecule has 2 aromatic carbocycles. The van der Waals surface area contributed by atoms with Crippen LogP contribution in [0.1, 0.15) is 53.6 Å². The molecule has 1 spiro atoms. The molecule has 256 valence electrons. The van der Waals surface area contributed by atoms with Gasteiger partial charge in [-0.1, -0.05) is 30.7 Å². The van der Waals surface area contributed by atoms with E-state index in [1.165, 1.54) is 31.9 Å². The summed E-state index contributed by atoms with van der Waals surface area (Å²) in [5, 5.41) is 3.24. The van der Waals surface area contributed by atoms with Gasteiger partial charge in [0.05, 0.1) is 26.3 Å². The Labute approximate surface area is 286 Å². The molecule has 3 aromatic rings. The zero-order valence-electron chi connectivity index (χ0n) is 27.7. The number of nitrogens with one attached hydrogen (secondary N) is 1. The minimum Gasteiger partial charge on any atom is -0.496 e. The number of benzene rings is 2. The number of halogens is 1. The highest BCUT2D eigenvalue weighted by atomic mass is 35.5. The number of fused-ring (bicyclic) bond motifs is 2. The fourth-order valence-corrected chi connectivity index (χ4v) is 7.76. The molecule has 0 bridgehead atoms. The minimum atomic E-state index is -2.01. The quantitative estimate of drug-likeness (QED) is 0.367. The summed E-state index contributed by atoms with van der Waals surface area (Å²) in [5.41, 5.74) is -1.72. The van der Waals surface area contributed by atoms with Crippen molar-refractivity contribution >= 4 is 34.9 Å². The van der Waals surface area contributed by atoms with Gasteiger partial charge < -0.3 is 29.2 Å². The van der Waals surface area contributed by atoms with E-state index in [9.17, 15) is 19.2 Å². The Morgan fingerprint density at radius 1 is 1.00 bits per heavy atom. The molecule has 0 radical (unpaired) electrons. The molecule has 13 nitrogen and oxygen atoms in total. The Kier molecular flexibility index (Phi) is 7.85. The van der Waals surface area contributed by atoms with Crippen molar-refractivity contribution in [2.75, 3.05) is 39.2 Å². The van der Waals surface area contributed by atoms with Crippen molar-refractivity contribution < 1.29 is 33.3 Å². The van der Waals surface area contributed by atoms with E-state index in [0.717, 1.165) is 11.0 Å². The molecule has 1 amide bonds. The number of allylic oxidation sites excluding steroid dienone is 1. The smallest absolute Gasteiger partial charge is 0.332 e. The lowest BCUT2D eigenvalue weighted by Crippen LogP contribution is -2.58. The number of amides is 1. The summed E-state index contributed by atoms with van der Waals surface area (Å²) < 4.78 is 25.5. The number of ether oxygens (including phenoxy) is 4. The second-order valence-corrected chi connectivity index (χ2v) is 13.1. The molecule has 3 atom stereocenters. The average Bonchev–Trinajstić information content (AvgIpc) is 3.66. The Balaban J connectivity index is 1.33. The van der Waals surface area contributed by atoms with Crippen LogP contribution in [0.15, 0.2) is 51.2 Å². The van der Waals surface area contributed by atoms with Gasteiger partial charge in [-0.05, 0) is 30.5 Å². The Hall–Kier alpha value is -5.04. The van der Waals surface area contributed by atoms with E-state index in [2.05, 4.69) is 5.32 Å². The first-order chi connectivity index (χ1) is 23.4. The number of likely N-dealkylation sites (tertiary alicyclic amines) is 1. The monoisotopic (exact) mass is 690 g/mol. The van der Waals surface area contributed by atoms with Crippen molar-refractivity contribution in [3.63, 3.8) is 0 Å². The van der Waals surface area contributed by atoms with Crippen LogP contribution in [0.3, 0.4) is 0 Å². The number of rotatable bonds is 7. The van der Waals surface area contributed by atoms with Gasteiger partial charge >= 0.3 is 5.69 Å². The lowest BCUT2D eigenvalue weighted by atomic mass is 9.66. The number of carbonyl (C=O) groups excluding carboxylic acids is 3. The number of aromatic nitrogens is 2. The molecular formula is C35H35ClN4O9. The highest BCUT2D eigenvalue weighted by Gasteiger charge is 2.63. The largest absolute Gasteiger partial charge is 0.496 e. The molecule has 4 heterocycles. The molecule has 1 fully saturated rings. The third-order valence-electron chi connectivity index (χ3n) is 10.1. The van der Waals surface area contributed by atoms with Gasteiger partial charge in [0.25, 0.3) is 5.56 Å². The van der Waals surface area contributed by atoms with Crippen LogP contribution < -0.4 is 35.5 Å². The van der Waals surface area contributed by atoms with Crippen LogP contribution in [0.25, 0.3) is 0 Å². The fourth-order valence-electron chi connectivity index (χ4n) is 7.49. The zero-order valence-corrected chi connectivity index (χ0v) is 28.4. The van der Waals surface area contributed by atoms with E-state index in [1.54, 1.807) is 43.1 Å². The first-order valence-electron chi connectivity index (χ1n) is 16.0. The van der Waals surface area contributed by atoms with Crippen LogP contribution in [0.2, 0.25) is 5.02 Å². The van der Waals surface area contributed by atoms with Crippen molar-refractivity contribution in [1.82, 2.24) is 14.0 Å². The molecular weight excluding hydrogens is 656 g/mol. The third-order valence-corrected chi connectivity index (χ3v) is 10.4. The molecule has 3 aliphatic heterocycles. The van der Waals surface area contributed by atoms with Crippen LogP contribution in [0, 0.1) is 5.92 Å². The number of carbonyl (C=O) groups is 3. The molecule has 4 aliphatic rings. The van der Waals surface area contributed by atoms with Crippen LogP contribution in [0.4, 0.5) is 5.82 Å². The van der Waals surface area contributed by atoms with Crippen LogP contribution in [0.5, 0.6) is 23.0 Å². The van der Waals surface area contributed by atoms with E-state index in [4.69, 9.17) is 30.5 Å². The van der Waals surface area contributed by atoms with Gasteiger partial charge in [0.1, 0.15) is 40.3 Å². The van der Waals surface area contributed by atoms with Gasteiger partial charge in [-0.25, -0.2) is 4.79 Å². The SMILES string of the molecule is COc1cc(OC)c2c(c1Cl)OC1(C(=O)C3=C(CC1C)Nc1c(c(=O)n(C)c(=O)n1C)C3c1ccc(OCCN3CCCC3=O)cc1)C2=O. The Morgan fingerprint density at radius 2 is 1.71 bits per heavy atom. The Bertz CT molecular complexity index is 2100. The lowest BCUT2D eigenvalue weighted by Gasteiger charge is -2.42. The van der Waals surface area contributed by atoms with Gasteiger partial charge in [-0.3, -0.25) is 28.3 Å². The maximum Gasteiger partial charge on any atom is 0.332 e. The normalized spacial score (nSPS) is 22.5. The highest BCUT2D eigenvalue weighted by molar-refractivity contribution is 6.36. The summed E-state index contributed by atoms with van der Waals surface area (Å²) in [4.78, 5) is 70.2. The molecule has 0 saturated carbocycles.